The van der Waals surface area contributed by atoms with Gasteiger partial charge in [0.2, 0.25) is 0 Å². The maximum Gasteiger partial charge on any atom is 0.176 e. The van der Waals surface area contributed by atoms with Crippen molar-refractivity contribution in [3.63, 3.8) is 0 Å². The van der Waals surface area contributed by atoms with E-state index in [1.807, 2.05) is 11.3 Å². The summed E-state index contributed by atoms with van der Waals surface area (Å²) in [5, 5.41) is 0. The average Bonchev–Trinajstić information content (AvgIpc) is 2.80. The predicted octanol–water partition coefficient (Wildman–Crippen LogP) is 6.31. The number of rotatable bonds is 0. The molecule has 0 bridgehead atoms. The summed E-state index contributed by atoms with van der Waals surface area (Å²) in [6, 6.07) is 0. The van der Waals surface area contributed by atoms with E-state index in [1.54, 1.807) is 0 Å². The van der Waals surface area contributed by atoms with Crippen LogP contribution in [0.4, 0.5) is 0 Å². The molecule has 2 atom stereocenters. The Morgan fingerprint density at radius 2 is 1.08 bits per heavy atom. The number of fused-ring (bicyclic) bond motifs is 2. The van der Waals surface area contributed by atoms with Crippen LogP contribution in [0.15, 0.2) is 0 Å². The second-order valence-corrected chi connectivity index (χ2v) is 12.2. The van der Waals surface area contributed by atoms with Crippen LogP contribution in [-0.4, -0.2) is 12.2 Å². The third-order valence-electron chi connectivity index (χ3n) is 5.40. The number of hydrogen-bond donors (Lipinski definition) is 0. The van der Waals surface area contributed by atoms with Crippen LogP contribution in [0.25, 0.3) is 0 Å². The third-order valence-corrected chi connectivity index (χ3v) is 7.41. The van der Waals surface area contributed by atoms with Gasteiger partial charge in [0.1, 0.15) is 12.2 Å². The zero-order valence-corrected chi connectivity index (χ0v) is 17.9. The molecule has 2 unspecified atom stereocenters. The van der Waals surface area contributed by atoms with Crippen molar-refractivity contribution < 1.29 is 9.47 Å². The van der Waals surface area contributed by atoms with E-state index < -0.39 is 0 Å². The van der Waals surface area contributed by atoms with Crippen molar-refractivity contribution in [1.82, 2.24) is 0 Å². The molecular formula is C21H34O2S. The monoisotopic (exact) mass is 350 g/mol. The van der Waals surface area contributed by atoms with Crippen molar-refractivity contribution in [3.8, 4) is 11.5 Å². The lowest BCUT2D eigenvalue weighted by Gasteiger charge is -2.38. The molecule has 0 saturated heterocycles. The van der Waals surface area contributed by atoms with Gasteiger partial charge in [0.15, 0.2) is 11.5 Å². The molecule has 1 aromatic rings. The SMILES string of the molecule is CC(C)(C)c1sc(C(C)(C)C)c2c1OC1C(O2)C(C)(C)CC1(C)C. The van der Waals surface area contributed by atoms with Crippen molar-refractivity contribution in [2.24, 2.45) is 10.8 Å². The van der Waals surface area contributed by atoms with Crippen LogP contribution >= 0.6 is 11.3 Å². The van der Waals surface area contributed by atoms with Crippen LogP contribution in [0.3, 0.4) is 0 Å². The summed E-state index contributed by atoms with van der Waals surface area (Å²) < 4.78 is 13.5. The zero-order chi connectivity index (χ0) is 18.3. The number of ether oxygens (including phenoxy) is 2. The summed E-state index contributed by atoms with van der Waals surface area (Å²) >= 11 is 1.88. The van der Waals surface area contributed by atoms with Crippen molar-refractivity contribution in [1.29, 1.82) is 0 Å². The van der Waals surface area contributed by atoms with Gasteiger partial charge in [0.25, 0.3) is 0 Å². The average molecular weight is 351 g/mol. The normalized spacial score (nSPS) is 27.9. The fourth-order valence-corrected chi connectivity index (χ4v) is 5.78. The minimum Gasteiger partial charge on any atom is -0.481 e. The molecule has 3 rings (SSSR count). The number of thiophene rings is 1. The van der Waals surface area contributed by atoms with Gasteiger partial charge in [-0.15, -0.1) is 11.3 Å². The molecule has 1 aromatic heterocycles. The van der Waals surface area contributed by atoms with Crippen LogP contribution in [0.5, 0.6) is 11.5 Å². The highest BCUT2D eigenvalue weighted by atomic mass is 32.1. The molecule has 1 fully saturated rings. The Labute approximate surface area is 151 Å². The zero-order valence-electron chi connectivity index (χ0n) is 17.1. The number of hydrogen-bond acceptors (Lipinski definition) is 3. The Bertz CT molecular complexity index is 598. The van der Waals surface area contributed by atoms with Crippen LogP contribution in [-0.2, 0) is 10.8 Å². The first-order valence-corrected chi connectivity index (χ1v) is 9.97. The minimum atomic E-state index is 0.0622. The summed E-state index contributed by atoms with van der Waals surface area (Å²) in [5.41, 5.74) is 0.384. The largest absolute Gasteiger partial charge is 0.481 e. The fraction of sp³-hybridized carbons (Fsp3) is 0.810. The topological polar surface area (TPSA) is 18.5 Å². The van der Waals surface area contributed by atoms with E-state index in [9.17, 15) is 0 Å². The van der Waals surface area contributed by atoms with Gasteiger partial charge < -0.3 is 9.47 Å². The molecule has 2 aliphatic rings. The van der Waals surface area contributed by atoms with Gasteiger partial charge in [-0.25, -0.2) is 0 Å². The van der Waals surface area contributed by atoms with Crippen molar-refractivity contribution >= 4 is 11.3 Å². The Morgan fingerprint density at radius 3 is 1.38 bits per heavy atom. The van der Waals surface area contributed by atoms with E-state index >= 15 is 0 Å². The predicted molar refractivity (Wildman–Crippen MR) is 103 cm³/mol. The molecule has 2 heterocycles. The quantitative estimate of drug-likeness (QED) is 0.546. The van der Waals surface area contributed by atoms with Crippen LogP contribution < -0.4 is 9.47 Å². The molecule has 2 nitrogen and oxygen atoms in total. The molecule has 0 amide bonds. The van der Waals surface area contributed by atoms with E-state index in [0.29, 0.717) is 0 Å². The van der Waals surface area contributed by atoms with E-state index in [2.05, 4.69) is 69.2 Å². The van der Waals surface area contributed by atoms with Gasteiger partial charge in [-0.1, -0.05) is 69.2 Å². The molecule has 0 radical (unpaired) electrons. The van der Waals surface area contributed by atoms with E-state index in [0.717, 1.165) is 17.9 Å². The summed E-state index contributed by atoms with van der Waals surface area (Å²) in [7, 11) is 0. The molecule has 136 valence electrons. The highest BCUT2D eigenvalue weighted by molar-refractivity contribution is 7.13. The van der Waals surface area contributed by atoms with Gasteiger partial charge in [0.05, 0.1) is 9.75 Å². The molecule has 3 heteroatoms. The smallest absolute Gasteiger partial charge is 0.176 e. The molecule has 1 aliphatic heterocycles. The summed E-state index contributed by atoms with van der Waals surface area (Å²) in [4.78, 5) is 2.64. The molecule has 0 spiro atoms. The summed E-state index contributed by atoms with van der Waals surface area (Å²) in [6.07, 6.45) is 1.38. The van der Waals surface area contributed by atoms with Crippen molar-refractivity contribution in [3.05, 3.63) is 9.75 Å². The van der Waals surface area contributed by atoms with Gasteiger partial charge in [-0.05, 0) is 6.42 Å². The first kappa shape index (κ1) is 18.1. The molecule has 1 aliphatic carbocycles. The second kappa shape index (κ2) is 4.93. The lowest BCUT2D eigenvalue weighted by Crippen LogP contribution is -2.46. The molecule has 24 heavy (non-hydrogen) atoms. The first-order chi connectivity index (χ1) is 10.6. The highest BCUT2D eigenvalue weighted by Crippen LogP contribution is 2.60. The molecule has 0 aromatic carbocycles. The van der Waals surface area contributed by atoms with Gasteiger partial charge in [-0.2, -0.15) is 0 Å². The Morgan fingerprint density at radius 1 is 0.750 bits per heavy atom. The van der Waals surface area contributed by atoms with E-state index in [-0.39, 0.29) is 33.9 Å². The Balaban J connectivity index is 2.17. The lowest BCUT2D eigenvalue weighted by atomic mass is 9.84. The maximum atomic E-state index is 6.73. The van der Waals surface area contributed by atoms with Crippen molar-refractivity contribution in [2.75, 3.05) is 0 Å². The maximum absolute atomic E-state index is 6.73. The van der Waals surface area contributed by atoms with Crippen LogP contribution in [0.2, 0.25) is 0 Å². The molecule has 0 N–H and O–H groups in total. The Hall–Kier alpha value is -0.700. The van der Waals surface area contributed by atoms with Crippen LogP contribution in [0, 0.1) is 10.8 Å². The fourth-order valence-electron chi connectivity index (χ4n) is 4.49. The minimum absolute atomic E-state index is 0.0622. The Kier molecular flexibility index (Phi) is 3.72. The molecular weight excluding hydrogens is 316 g/mol. The molecule has 1 saturated carbocycles. The van der Waals surface area contributed by atoms with Crippen LogP contribution in [0.1, 0.15) is 85.4 Å². The van der Waals surface area contributed by atoms with Gasteiger partial charge >= 0.3 is 0 Å². The van der Waals surface area contributed by atoms with E-state index in [1.165, 1.54) is 9.75 Å². The lowest BCUT2D eigenvalue weighted by molar-refractivity contribution is -0.0292. The van der Waals surface area contributed by atoms with E-state index in [4.69, 9.17) is 9.47 Å². The standard InChI is InChI=1S/C21H34O2S/c1-18(2,3)16-12-13(17(24-16)19(4,5)6)23-15-14(22-12)20(7,8)11-21(15,9)10/h14-15H,11H2,1-10H3. The third kappa shape index (κ3) is 2.67. The van der Waals surface area contributed by atoms with Gasteiger partial charge in [0, 0.05) is 21.7 Å². The van der Waals surface area contributed by atoms with Crippen molar-refractivity contribution in [2.45, 2.75) is 98.7 Å². The van der Waals surface area contributed by atoms with Gasteiger partial charge in [-0.3, -0.25) is 0 Å². The highest BCUT2D eigenvalue weighted by Gasteiger charge is 2.58. The first-order valence-electron chi connectivity index (χ1n) is 9.16. The second-order valence-electron chi connectivity index (χ2n) is 11.1. The summed E-state index contributed by atoms with van der Waals surface area (Å²) in [5.74, 6) is 2.04. The summed E-state index contributed by atoms with van der Waals surface area (Å²) in [6.45, 7) is 22.9.